The molecule has 0 saturated carbocycles. The molecule has 1 heterocycles. The number of amides is 1. The molecule has 1 fully saturated rings. The average molecular weight is 450 g/mol. The van der Waals surface area contributed by atoms with Crippen molar-refractivity contribution >= 4 is 11.9 Å². The summed E-state index contributed by atoms with van der Waals surface area (Å²) in [5, 5.41) is 2.65. The highest BCUT2D eigenvalue weighted by Gasteiger charge is 2.28. The van der Waals surface area contributed by atoms with Crippen LogP contribution in [0, 0.1) is 0 Å². The highest BCUT2D eigenvalue weighted by atomic mass is 16.5. The van der Waals surface area contributed by atoms with E-state index in [4.69, 9.17) is 4.74 Å². The minimum absolute atomic E-state index is 0.0427. The molecule has 4 heteroatoms. The van der Waals surface area contributed by atoms with E-state index in [1.165, 1.54) is 109 Å². The molecule has 1 saturated heterocycles. The zero-order valence-electron chi connectivity index (χ0n) is 21.0. The molecule has 0 aliphatic carbocycles. The summed E-state index contributed by atoms with van der Waals surface area (Å²) >= 11 is 0. The van der Waals surface area contributed by atoms with Gasteiger partial charge in [-0.25, -0.2) is 4.79 Å². The van der Waals surface area contributed by atoms with E-state index in [2.05, 4.69) is 24.4 Å². The maximum Gasteiger partial charge on any atom is 0.328 e. The molecule has 0 spiro atoms. The minimum atomic E-state index is -0.408. The number of allylic oxidation sites excluding steroid dienone is 2. The zero-order chi connectivity index (χ0) is 23.1. The molecule has 1 aliphatic heterocycles. The molecule has 1 N–H and O–H groups in total. The van der Waals surface area contributed by atoms with E-state index in [9.17, 15) is 9.59 Å². The van der Waals surface area contributed by atoms with Crippen LogP contribution in [-0.2, 0) is 14.3 Å². The van der Waals surface area contributed by atoms with Crippen molar-refractivity contribution in [1.82, 2.24) is 5.32 Å². The Hall–Kier alpha value is -1.32. The lowest BCUT2D eigenvalue weighted by Crippen LogP contribution is -2.34. The van der Waals surface area contributed by atoms with Crippen molar-refractivity contribution in [2.24, 2.45) is 0 Å². The van der Waals surface area contributed by atoms with Crippen molar-refractivity contribution in [1.29, 1.82) is 0 Å². The van der Waals surface area contributed by atoms with Gasteiger partial charge >= 0.3 is 5.97 Å². The maximum absolute atomic E-state index is 11.8. The highest BCUT2D eigenvalue weighted by molar-refractivity contribution is 5.87. The normalized spacial score (nSPS) is 16.0. The average Bonchev–Trinajstić information content (AvgIpc) is 3.23. The van der Waals surface area contributed by atoms with Gasteiger partial charge in [0.25, 0.3) is 0 Å². The standard InChI is InChI=1S/C28H51NO3/c1-2-3-4-5-6-7-8-9-10-11-12-13-14-15-16-17-18-19-20-21-22-25-32-28(31)26-23-24-27(30)29-26/h6-7,26H,2-5,8-25H2,1H3,(H,29,30)/b7-6+/t26-/m0/s1. The number of carbonyl (C=O) groups excluding carboxylic acids is 2. The summed E-state index contributed by atoms with van der Waals surface area (Å²) in [5.74, 6) is -0.305. The number of unbranched alkanes of at least 4 members (excludes halogenated alkanes) is 17. The smallest absolute Gasteiger partial charge is 0.328 e. The van der Waals surface area contributed by atoms with Crippen LogP contribution in [0.3, 0.4) is 0 Å². The molecule has 32 heavy (non-hydrogen) atoms. The van der Waals surface area contributed by atoms with E-state index in [1.54, 1.807) is 0 Å². The fourth-order valence-electron chi connectivity index (χ4n) is 4.30. The fraction of sp³-hybridized carbons (Fsp3) is 0.857. The molecule has 186 valence electrons. The molecule has 1 atom stereocenters. The van der Waals surface area contributed by atoms with E-state index in [-0.39, 0.29) is 11.9 Å². The lowest BCUT2D eigenvalue weighted by Gasteiger charge is -2.09. The number of carbonyl (C=O) groups is 2. The molecule has 1 amide bonds. The van der Waals surface area contributed by atoms with Gasteiger partial charge in [-0.3, -0.25) is 4.79 Å². The maximum atomic E-state index is 11.8. The van der Waals surface area contributed by atoms with E-state index in [0.717, 1.165) is 12.8 Å². The number of hydrogen-bond acceptors (Lipinski definition) is 3. The van der Waals surface area contributed by atoms with Crippen molar-refractivity contribution in [2.75, 3.05) is 6.61 Å². The number of nitrogens with one attached hydrogen (secondary N) is 1. The second-order valence-electron chi connectivity index (χ2n) is 9.53. The third-order valence-corrected chi connectivity index (χ3v) is 6.43. The molecule has 0 radical (unpaired) electrons. The van der Waals surface area contributed by atoms with Crippen LogP contribution >= 0.6 is 0 Å². The summed E-state index contributed by atoms with van der Waals surface area (Å²) in [4.78, 5) is 22.9. The largest absolute Gasteiger partial charge is 0.464 e. The summed E-state index contributed by atoms with van der Waals surface area (Å²) in [6.07, 6.45) is 30.8. The third-order valence-electron chi connectivity index (χ3n) is 6.43. The Morgan fingerprint density at radius 2 is 1.25 bits per heavy atom. The Morgan fingerprint density at radius 3 is 1.72 bits per heavy atom. The number of ether oxygens (including phenoxy) is 1. The molecule has 0 aromatic heterocycles. The second kappa shape index (κ2) is 21.5. The Kier molecular flexibility index (Phi) is 19.3. The van der Waals surface area contributed by atoms with E-state index >= 15 is 0 Å². The van der Waals surface area contributed by atoms with Crippen molar-refractivity contribution in [3.05, 3.63) is 12.2 Å². The predicted molar refractivity (Wildman–Crippen MR) is 135 cm³/mol. The number of rotatable bonds is 22. The summed E-state index contributed by atoms with van der Waals surface area (Å²) in [5.41, 5.74) is 0. The first-order valence-electron chi connectivity index (χ1n) is 13.8. The van der Waals surface area contributed by atoms with Crippen LogP contribution in [0.4, 0.5) is 0 Å². The van der Waals surface area contributed by atoms with Gasteiger partial charge in [-0.2, -0.15) is 0 Å². The van der Waals surface area contributed by atoms with Gasteiger partial charge in [0.1, 0.15) is 6.04 Å². The van der Waals surface area contributed by atoms with Crippen LogP contribution in [0.2, 0.25) is 0 Å². The van der Waals surface area contributed by atoms with Gasteiger partial charge in [-0.15, -0.1) is 0 Å². The first-order chi connectivity index (χ1) is 15.7. The van der Waals surface area contributed by atoms with Gasteiger partial charge in [0, 0.05) is 6.42 Å². The Labute approximate surface area is 198 Å². The van der Waals surface area contributed by atoms with Crippen LogP contribution in [-0.4, -0.2) is 24.5 Å². The summed E-state index contributed by atoms with van der Waals surface area (Å²) in [6.45, 7) is 2.75. The van der Waals surface area contributed by atoms with E-state index in [1.807, 2.05) is 0 Å². The van der Waals surface area contributed by atoms with E-state index < -0.39 is 6.04 Å². The van der Waals surface area contributed by atoms with Crippen molar-refractivity contribution in [3.8, 4) is 0 Å². The van der Waals surface area contributed by atoms with Crippen LogP contribution in [0.15, 0.2) is 12.2 Å². The summed E-state index contributed by atoms with van der Waals surface area (Å²) < 4.78 is 5.26. The summed E-state index contributed by atoms with van der Waals surface area (Å²) in [7, 11) is 0. The Morgan fingerprint density at radius 1 is 0.781 bits per heavy atom. The third kappa shape index (κ3) is 17.3. The van der Waals surface area contributed by atoms with Crippen LogP contribution in [0.5, 0.6) is 0 Å². The second-order valence-corrected chi connectivity index (χ2v) is 9.53. The van der Waals surface area contributed by atoms with Gasteiger partial charge in [-0.1, -0.05) is 109 Å². The fourth-order valence-corrected chi connectivity index (χ4v) is 4.30. The first-order valence-corrected chi connectivity index (χ1v) is 13.8. The van der Waals surface area contributed by atoms with Gasteiger partial charge in [0.15, 0.2) is 0 Å². The molecule has 0 unspecified atom stereocenters. The zero-order valence-corrected chi connectivity index (χ0v) is 21.0. The topological polar surface area (TPSA) is 55.4 Å². The van der Waals surface area contributed by atoms with Crippen LogP contribution in [0.25, 0.3) is 0 Å². The van der Waals surface area contributed by atoms with Crippen molar-refractivity contribution in [3.63, 3.8) is 0 Å². The van der Waals surface area contributed by atoms with Crippen molar-refractivity contribution in [2.45, 2.75) is 148 Å². The molecule has 0 aromatic rings. The number of hydrogen-bond donors (Lipinski definition) is 1. The molecular weight excluding hydrogens is 398 g/mol. The summed E-state index contributed by atoms with van der Waals surface area (Å²) in [6, 6.07) is -0.408. The molecule has 0 aromatic carbocycles. The Balaban J connectivity index is 1.70. The quantitative estimate of drug-likeness (QED) is 0.104. The highest BCUT2D eigenvalue weighted by Crippen LogP contribution is 2.14. The molecular formula is C28H51NO3. The molecule has 0 bridgehead atoms. The van der Waals surface area contributed by atoms with Gasteiger partial charge < -0.3 is 10.1 Å². The lowest BCUT2D eigenvalue weighted by atomic mass is 10.0. The first kappa shape index (κ1) is 28.7. The van der Waals surface area contributed by atoms with Gasteiger partial charge in [0.2, 0.25) is 5.91 Å². The van der Waals surface area contributed by atoms with Crippen LogP contribution < -0.4 is 5.32 Å². The lowest BCUT2D eigenvalue weighted by molar-refractivity contribution is -0.146. The minimum Gasteiger partial charge on any atom is -0.464 e. The molecule has 1 rings (SSSR count). The van der Waals surface area contributed by atoms with E-state index in [0.29, 0.717) is 19.4 Å². The molecule has 1 aliphatic rings. The van der Waals surface area contributed by atoms with Gasteiger partial charge in [0.05, 0.1) is 6.61 Å². The molecule has 4 nitrogen and oxygen atoms in total. The predicted octanol–water partition coefficient (Wildman–Crippen LogP) is 7.80. The van der Waals surface area contributed by atoms with Crippen molar-refractivity contribution < 1.29 is 14.3 Å². The van der Waals surface area contributed by atoms with Crippen LogP contribution in [0.1, 0.15) is 142 Å². The monoisotopic (exact) mass is 449 g/mol. The SMILES string of the molecule is CCCCC/C=C/CCCCCCCCCCCCCCCCOC(=O)[C@@H]1CCC(=O)N1. The number of esters is 1. The Bertz CT molecular complexity index is 489. The van der Waals surface area contributed by atoms with Gasteiger partial charge in [-0.05, 0) is 38.5 Å².